The van der Waals surface area contributed by atoms with Crippen LogP contribution in [0.1, 0.15) is 25.3 Å². The lowest BCUT2D eigenvalue weighted by Crippen LogP contribution is -2.46. The summed E-state index contributed by atoms with van der Waals surface area (Å²) in [5.41, 5.74) is 5.34. The number of nitrogens with two attached hydrogens (primary N) is 1. The molecule has 1 unspecified atom stereocenters. The van der Waals surface area contributed by atoms with Gasteiger partial charge in [0.15, 0.2) is 0 Å². The van der Waals surface area contributed by atoms with E-state index in [-0.39, 0.29) is 19.0 Å². The molecule has 1 aliphatic heterocycles. The fraction of sp³-hybridized carbons (Fsp3) is 0.667. The molecule has 0 spiro atoms. The molecule has 0 amide bonds. The second kappa shape index (κ2) is 7.18. The Morgan fingerprint density at radius 3 is 2.68 bits per heavy atom. The molecule has 2 heterocycles. The van der Waals surface area contributed by atoms with Crippen molar-refractivity contribution in [2.24, 2.45) is 5.73 Å². The molecule has 0 aliphatic carbocycles. The molecule has 1 aromatic heterocycles. The van der Waals surface area contributed by atoms with Crippen LogP contribution in [0.15, 0.2) is 18.7 Å². The zero-order valence-electron chi connectivity index (χ0n) is 12.1. The van der Waals surface area contributed by atoms with Gasteiger partial charge in [-0.3, -0.25) is 4.79 Å². The highest BCUT2D eigenvalue weighted by atomic mass is 32.2. The topological polar surface area (TPSA) is 131 Å². The van der Waals surface area contributed by atoms with Crippen molar-refractivity contribution in [1.29, 1.82) is 0 Å². The minimum atomic E-state index is -3.59. The number of piperidine rings is 1. The van der Waals surface area contributed by atoms with Gasteiger partial charge >= 0.3 is 5.97 Å². The van der Waals surface area contributed by atoms with E-state index < -0.39 is 22.2 Å². The van der Waals surface area contributed by atoms with Crippen LogP contribution >= 0.6 is 0 Å². The maximum Gasteiger partial charge on any atom is 0.320 e. The first kappa shape index (κ1) is 16.9. The summed E-state index contributed by atoms with van der Waals surface area (Å²) in [5.74, 6) is -1.14. The number of hydrogen-bond acceptors (Lipinski definition) is 5. The van der Waals surface area contributed by atoms with Crippen molar-refractivity contribution >= 4 is 16.2 Å². The second-order valence-electron chi connectivity index (χ2n) is 5.27. The maximum atomic E-state index is 12.1. The third-order valence-corrected chi connectivity index (χ3v) is 5.38. The van der Waals surface area contributed by atoms with Gasteiger partial charge < -0.3 is 15.4 Å². The van der Waals surface area contributed by atoms with Gasteiger partial charge in [-0.2, -0.15) is 12.7 Å². The van der Waals surface area contributed by atoms with E-state index in [9.17, 15) is 13.2 Å². The van der Waals surface area contributed by atoms with Crippen LogP contribution in [-0.4, -0.2) is 59.0 Å². The molecule has 0 bridgehead atoms. The van der Waals surface area contributed by atoms with Gasteiger partial charge in [0.2, 0.25) is 0 Å². The summed E-state index contributed by atoms with van der Waals surface area (Å²) in [6, 6.07) is -0.802. The molecule has 0 radical (unpaired) electrons. The van der Waals surface area contributed by atoms with E-state index in [0.717, 1.165) is 0 Å². The van der Waals surface area contributed by atoms with Gasteiger partial charge in [-0.05, 0) is 19.3 Å². The molecule has 1 aliphatic rings. The van der Waals surface area contributed by atoms with Gasteiger partial charge in [-0.15, -0.1) is 0 Å². The predicted molar refractivity (Wildman–Crippen MR) is 79.2 cm³/mol. The molecular formula is C12H21N5O4S. The van der Waals surface area contributed by atoms with Crippen LogP contribution in [0, 0.1) is 0 Å². The van der Waals surface area contributed by atoms with Crippen LogP contribution in [0.4, 0.5) is 0 Å². The van der Waals surface area contributed by atoms with Crippen LogP contribution in [0.25, 0.3) is 0 Å². The molecule has 0 aromatic carbocycles. The quantitative estimate of drug-likeness (QED) is 0.597. The standard InChI is InChI=1S/C12H21N5O4S/c13-11(12(18)19)1-4-15-22(20,21)17-6-2-10(3-7-17)16-8-5-14-9-16/h5,8-11,15H,1-4,6-7,13H2,(H,18,19). The van der Waals surface area contributed by atoms with E-state index in [1.54, 1.807) is 12.5 Å². The Kier molecular flexibility index (Phi) is 5.51. The average Bonchev–Trinajstić information content (AvgIpc) is 3.01. The predicted octanol–water partition coefficient (Wildman–Crippen LogP) is -0.844. The van der Waals surface area contributed by atoms with Gasteiger partial charge in [-0.25, -0.2) is 9.71 Å². The van der Waals surface area contributed by atoms with Gasteiger partial charge in [0.25, 0.3) is 10.2 Å². The van der Waals surface area contributed by atoms with Crippen molar-refractivity contribution in [2.45, 2.75) is 31.3 Å². The molecule has 1 fully saturated rings. The Morgan fingerprint density at radius 2 is 2.14 bits per heavy atom. The molecule has 9 nitrogen and oxygen atoms in total. The highest BCUT2D eigenvalue weighted by Crippen LogP contribution is 2.23. The van der Waals surface area contributed by atoms with E-state index in [2.05, 4.69) is 9.71 Å². The molecular weight excluding hydrogens is 310 g/mol. The summed E-state index contributed by atoms with van der Waals surface area (Å²) in [4.78, 5) is 14.6. The Hall–Kier alpha value is -1.49. The van der Waals surface area contributed by atoms with Gasteiger partial charge in [-0.1, -0.05) is 0 Å². The number of aromatic nitrogens is 2. The Balaban J connectivity index is 1.80. The van der Waals surface area contributed by atoms with E-state index in [4.69, 9.17) is 10.8 Å². The van der Waals surface area contributed by atoms with E-state index in [1.165, 1.54) is 4.31 Å². The van der Waals surface area contributed by atoms with Crippen molar-refractivity contribution in [2.75, 3.05) is 19.6 Å². The lowest BCUT2D eigenvalue weighted by atomic mass is 10.1. The summed E-state index contributed by atoms with van der Waals surface area (Å²) in [6.45, 7) is 0.851. The molecule has 124 valence electrons. The maximum absolute atomic E-state index is 12.1. The number of hydrogen-bond donors (Lipinski definition) is 3. The normalized spacial score (nSPS) is 19.1. The third kappa shape index (κ3) is 4.26. The summed E-state index contributed by atoms with van der Waals surface area (Å²) < 4.78 is 30.0. The minimum Gasteiger partial charge on any atom is -0.480 e. The SMILES string of the molecule is NC(CCNS(=O)(=O)N1CCC(n2ccnc2)CC1)C(=O)O. The van der Waals surface area contributed by atoms with Crippen molar-refractivity contribution in [3.05, 3.63) is 18.7 Å². The number of rotatable bonds is 7. The van der Waals surface area contributed by atoms with Crippen LogP contribution < -0.4 is 10.5 Å². The van der Waals surface area contributed by atoms with Crippen LogP contribution in [0.2, 0.25) is 0 Å². The monoisotopic (exact) mass is 331 g/mol. The first-order valence-corrected chi connectivity index (χ1v) is 8.54. The summed E-state index contributed by atoms with van der Waals surface area (Å²) in [5, 5.41) is 8.66. The third-order valence-electron chi connectivity index (χ3n) is 3.77. The molecule has 1 saturated heterocycles. The zero-order chi connectivity index (χ0) is 16.2. The van der Waals surface area contributed by atoms with Crippen LogP contribution in [0.3, 0.4) is 0 Å². The molecule has 1 aromatic rings. The minimum absolute atomic E-state index is 0.0112. The number of carboxylic acid groups (broad SMARTS) is 1. The van der Waals surface area contributed by atoms with Crippen molar-refractivity contribution in [3.63, 3.8) is 0 Å². The second-order valence-corrected chi connectivity index (χ2v) is 7.03. The fourth-order valence-electron chi connectivity index (χ4n) is 2.42. The Bertz CT molecular complexity index is 581. The lowest BCUT2D eigenvalue weighted by Gasteiger charge is -2.31. The van der Waals surface area contributed by atoms with Gasteiger partial charge in [0.05, 0.1) is 6.33 Å². The van der Waals surface area contributed by atoms with E-state index in [0.29, 0.717) is 25.9 Å². The first-order valence-electron chi connectivity index (χ1n) is 7.10. The number of nitrogens with zero attached hydrogens (tertiary/aromatic N) is 3. The number of carboxylic acids is 1. The first-order chi connectivity index (χ1) is 10.4. The van der Waals surface area contributed by atoms with Crippen LogP contribution in [-0.2, 0) is 15.0 Å². The van der Waals surface area contributed by atoms with Crippen LogP contribution in [0.5, 0.6) is 0 Å². The molecule has 2 rings (SSSR count). The molecule has 1 atom stereocenters. The smallest absolute Gasteiger partial charge is 0.320 e. The summed E-state index contributed by atoms with van der Waals surface area (Å²) >= 11 is 0. The van der Waals surface area contributed by atoms with Gasteiger partial charge in [0.1, 0.15) is 6.04 Å². The number of aliphatic carboxylic acids is 1. The molecule has 0 saturated carbocycles. The summed E-state index contributed by atoms with van der Waals surface area (Å²) in [7, 11) is -3.59. The molecule has 4 N–H and O–H groups in total. The highest BCUT2D eigenvalue weighted by molar-refractivity contribution is 7.87. The highest BCUT2D eigenvalue weighted by Gasteiger charge is 2.28. The number of imidazole rings is 1. The van der Waals surface area contributed by atoms with Gasteiger partial charge in [0, 0.05) is 38.1 Å². The Morgan fingerprint density at radius 1 is 1.45 bits per heavy atom. The van der Waals surface area contributed by atoms with E-state index in [1.807, 2.05) is 10.8 Å². The van der Waals surface area contributed by atoms with E-state index >= 15 is 0 Å². The average molecular weight is 331 g/mol. The largest absolute Gasteiger partial charge is 0.480 e. The lowest BCUT2D eigenvalue weighted by molar-refractivity contribution is -0.138. The summed E-state index contributed by atoms with van der Waals surface area (Å²) in [6.07, 6.45) is 6.80. The molecule has 22 heavy (non-hydrogen) atoms. The molecule has 10 heteroatoms. The van der Waals surface area contributed by atoms with Crippen molar-refractivity contribution < 1.29 is 18.3 Å². The number of carbonyl (C=O) groups is 1. The fourth-order valence-corrected chi connectivity index (χ4v) is 3.67. The zero-order valence-corrected chi connectivity index (χ0v) is 12.9. The number of nitrogens with one attached hydrogen (secondary N) is 1. The van der Waals surface area contributed by atoms with Crippen molar-refractivity contribution in [1.82, 2.24) is 18.6 Å². The Labute approximate surface area is 129 Å². The van der Waals surface area contributed by atoms with Crippen molar-refractivity contribution in [3.8, 4) is 0 Å².